The number of anilines is 2. The van der Waals surface area contributed by atoms with Crippen LogP contribution >= 0.6 is 0 Å². The van der Waals surface area contributed by atoms with Crippen molar-refractivity contribution in [3.8, 4) is 22.9 Å². The van der Waals surface area contributed by atoms with Crippen LogP contribution in [0.2, 0.25) is 0 Å². The molecule has 2 aromatic carbocycles. The maximum absolute atomic E-state index is 5.59. The second-order valence-corrected chi connectivity index (χ2v) is 7.29. The van der Waals surface area contributed by atoms with Gasteiger partial charge in [-0.1, -0.05) is 17.3 Å². The highest BCUT2D eigenvalue weighted by molar-refractivity contribution is 5.66. The summed E-state index contributed by atoms with van der Waals surface area (Å²) in [4.78, 5) is 9.19. The third-order valence-electron chi connectivity index (χ3n) is 5.29. The smallest absolute Gasteiger partial charge is 0.324 e. The average molecular weight is 394 g/mol. The summed E-state index contributed by atoms with van der Waals surface area (Å²) in [6.45, 7) is 6.86. The number of benzene rings is 2. The quantitative estimate of drug-likeness (QED) is 0.652. The van der Waals surface area contributed by atoms with Gasteiger partial charge in [0, 0.05) is 31.4 Å². The van der Waals surface area contributed by atoms with Gasteiger partial charge in [-0.3, -0.25) is 0 Å². The first kappa shape index (κ1) is 19.1. The van der Waals surface area contributed by atoms with Crippen LogP contribution < -0.4 is 19.3 Å². The molecule has 0 aliphatic carbocycles. The Morgan fingerprint density at radius 3 is 2.66 bits per heavy atom. The van der Waals surface area contributed by atoms with Crippen molar-refractivity contribution in [2.24, 2.45) is 0 Å². The van der Waals surface area contributed by atoms with Crippen LogP contribution in [0.15, 0.2) is 47.0 Å². The molecule has 152 valence electrons. The first-order valence-electron chi connectivity index (χ1n) is 9.73. The van der Waals surface area contributed by atoms with E-state index in [0.29, 0.717) is 29.4 Å². The summed E-state index contributed by atoms with van der Waals surface area (Å²) in [7, 11) is 3.25. The van der Waals surface area contributed by atoms with E-state index in [9.17, 15) is 0 Å². The monoisotopic (exact) mass is 394 g/mol. The first-order valence-corrected chi connectivity index (χ1v) is 9.73. The number of ether oxygens (including phenoxy) is 2. The molecule has 0 amide bonds. The molecule has 1 aromatic heterocycles. The zero-order valence-corrected chi connectivity index (χ0v) is 17.3. The number of hydrogen-bond donors (Lipinski definition) is 0. The summed E-state index contributed by atoms with van der Waals surface area (Å²) >= 11 is 0. The third-order valence-corrected chi connectivity index (χ3v) is 5.29. The minimum Gasteiger partial charge on any atom is -0.497 e. The Morgan fingerprint density at radius 1 is 1.07 bits per heavy atom. The lowest BCUT2D eigenvalue weighted by molar-refractivity contribution is 0.397. The molecule has 29 heavy (non-hydrogen) atoms. The molecule has 0 spiro atoms. The van der Waals surface area contributed by atoms with E-state index in [2.05, 4.69) is 58.1 Å². The zero-order chi connectivity index (χ0) is 20.4. The van der Waals surface area contributed by atoms with E-state index in [1.54, 1.807) is 14.2 Å². The summed E-state index contributed by atoms with van der Waals surface area (Å²) in [5, 5.41) is 4.18. The minimum absolute atomic E-state index is 0.326. The van der Waals surface area contributed by atoms with Gasteiger partial charge in [-0.25, -0.2) is 0 Å². The van der Waals surface area contributed by atoms with E-state index < -0.39 is 0 Å². The molecule has 0 radical (unpaired) electrons. The lowest BCUT2D eigenvalue weighted by Crippen LogP contribution is -2.52. The topological polar surface area (TPSA) is 63.9 Å². The standard InChI is InChI=1S/C22H26N4O3/c1-15-6-5-7-17(12-15)26-11-10-25(14-16(26)2)22-23-21(24-29-22)19-13-18(27-3)8-9-20(19)28-4/h5-9,12-13,16H,10-11,14H2,1-4H3/t16-/m1/s1. The molecule has 4 rings (SSSR count). The molecule has 1 aliphatic heterocycles. The van der Waals surface area contributed by atoms with Crippen LogP contribution in [0.3, 0.4) is 0 Å². The fourth-order valence-corrected chi connectivity index (χ4v) is 3.76. The average Bonchev–Trinajstić information content (AvgIpc) is 3.23. The first-order chi connectivity index (χ1) is 14.1. The molecule has 2 heterocycles. The van der Waals surface area contributed by atoms with Crippen molar-refractivity contribution in [1.82, 2.24) is 10.1 Å². The van der Waals surface area contributed by atoms with Gasteiger partial charge in [0.15, 0.2) is 0 Å². The lowest BCUT2D eigenvalue weighted by Gasteiger charge is -2.40. The summed E-state index contributed by atoms with van der Waals surface area (Å²) in [6, 6.07) is 15.0. The highest BCUT2D eigenvalue weighted by atomic mass is 16.5. The Morgan fingerprint density at radius 2 is 1.93 bits per heavy atom. The van der Waals surface area contributed by atoms with E-state index >= 15 is 0 Å². The summed E-state index contributed by atoms with van der Waals surface area (Å²) in [6.07, 6.45) is 0. The van der Waals surface area contributed by atoms with Crippen LogP contribution in [-0.2, 0) is 0 Å². The molecule has 1 aliphatic rings. The zero-order valence-electron chi connectivity index (χ0n) is 17.3. The number of methoxy groups -OCH3 is 2. The van der Waals surface area contributed by atoms with Gasteiger partial charge in [0.1, 0.15) is 11.5 Å². The lowest BCUT2D eigenvalue weighted by atomic mass is 10.1. The van der Waals surface area contributed by atoms with E-state index in [1.165, 1.54) is 11.3 Å². The van der Waals surface area contributed by atoms with Crippen LogP contribution in [0, 0.1) is 6.92 Å². The van der Waals surface area contributed by atoms with Crippen molar-refractivity contribution in [2.75, 3.05) is 43.7 Å². The summed E-state index contributed by atoms with van der Waals surface area (Å²) in [5.74, 6) is 1.88. The second kappa shape index (κ2) is 8.03. The molecule has 1 fully saturated rings. The number of nitrogens with zero attached hydrogens (tertiary/aromatic N) is 4. The largest absolute Gasteiger partial charge is 0.497 e. The molecule has 0 unspecified atom stereocenters. The number of piperazine rings is 1. The highest BCUT2D eigenvalue weighted by Crippen LogP contribution is 2.33. The summed E-state index contributed by atoms with van der Waals surface area (Å²) < 4.78 is 16.4. The molecule has 1 saturated heterocycles. The number of rotatable bonds is 5. The Bertz CT molecular complexity index is 988. The molecular weight excluding hydrogens is 368 g/mol. The molecule has 1 atom stereocenters. The van der Waals surface area contributed by atoms with Crippen LogP contribution in [0.1, 0.15) is 12.5 Å². The molecule has 0 N–H and O–H groups in total. The van der Waals surface area contributed by atoms with Crippen LogP contribution in [0.25, 0.3) is 11.4 Å². The Labute approximate surface area is 170 Å². The fourth-order valence-electron chi connectivity index (χ4n) is 3.76. The van der Waals surface area contributed by atoms with Gasteiger partial charge >= 0.3 is 6.01 Å². The number of aromatic nitrogens is 2. The molecule has 3 aromatic rings. The Balaban J connectivity index is 1.53. The fraction of sp³-hybridized carbons (Fsp3) is 0.364. The van der Waals surface area contributed by atoms with Crippen molar-refractivity contribution < 1.29 is 14.0 Å². The van der Waals surface area contributed by atoms with Gasteiger partial charge in [0.25, 0.3) is 0 Å². The van der Waals surface area contributed by atoms with Gasteiger partial charge in [-0.05, 0) is 49.7 Å². The normalized spacial score (nSPS) is 16.8. The third kappa shape index (κ3) is 3.85. The van der Waals surface area contributed by atoms with Gasteiger partial charge in [-0.15, -0.1) is 0 Å². The number of aryl methyl sites for hydroxylation is 1. The van der Waals surface area contributed by atoms with Crippen molar-refractivity contribution in [3.63, 3.8) is 0 Å². The van der Waals surface area contributed by atoms with Gasteiger partial charge in [0.05, 0.1) is 19.8 Å². The van der Waals surface area contributed by atoms with Crippen molar-refractivity contribution >= 4 is 11.7 Å². The van der Waals surface area contributed by atoms with Crippen LogP contribution in [0.5, 0.6) is 11.5 Å². The van der Waals surface area contributed by atoms with E-state index in [4.69, 9.17) is 14.0 Å². The van der Waals surface area contributed by atoms with Gasteiger partial charge in [-0.2, -0.15) is 4.98 Å². The maximum atomic E-state index is 5.59. The van der Waals surface area contributed by atoms with Gasteiger partial charge in [0.2, 0.25) is 5.82 Å². The van der Waals surface area contributed by atoms with Crippen molar-refractivity contribution in [3.05, 3.63) is 48.0 Å². The van der Waals surface area contributed by atoms with Crippen molar-refractivity contribution in [2.45, 2.75) is 19.9 Å². The molecule has 7 nitrogen and oxygen atoms in total. The molecule has 7 heteroatoms. The molecule has 0 bridgehead atoms. The Kier molecular flexibility index (Phi) is 5.29. The van der Waals surface area contributed by atoms with Crippen molar-refractivity contribution in [1.29, 1.82) is 0 Å². The minimum atomic E-state index is 0.326. The molecule has 0 saturated carbocycles. The van der Waals surface area contributed by atoms with E-state index in [-0.39, 0.29) is 0 Å². The van der Waals surface area contributed by atoms with E-state index in [0.717, 1.165) is 25.2 Å². The second-order valence-electron chi connectivity index (χ2n) is 7.29. The maximum Gasteiger partial charge on any atom is 0.324 e. The predicted octanol–water partition coefficient (Wildman–Crippen LogP) is 3.78. The molecular formula is C22H26N4O3. The SMILES string of the molecule is COc1ccc(OC)c(-c2noc(N3CCN(c4cccc(C)c4)[C@H](C)C3)n2)c1. The van der Waals surface area contributed by atoms with Gasteiger partial charge < -0.3 is 23.8 Å². The Hall–Kier alpha value is -3.22. The predicted molar refractivity (Wildman–Crippen MR) is 113 cm³/mol. The van der Waals surface area contributed by atoms with E-state index in [1.807, 2.05) is 18.2 Å². The van der Waals surface area contributed by atoms with Crippen LogP contribution in [-0.4, -0.2) is 50.0 Å². The highest BCUT2D eigenvalue weighted by Gasteiger charge is 2.27. The summed E-state index contributed by atoms with van der Waals surface area (Å²) in [5.41, 5.74) is 3.27. The van der Waals surface area contributed by atoms with Crippen LogP contribution in [0.4, 0.5) is 11.7 Å². The number of hydrogen-bond acceptors (Lipinski definition) is 7.